The number of nitrogens with two attached hydrogens (primary N) is 1. The van der Waals surface area contributed by atoms with Gasteiger partial charge in [0.05, 0.1) is 0 Å². The van der Waals surface area contributed by atoms with Crippen LogP contribution in [0.4, 0.5) is 5.69 Å². The van der Waals surface area contributed by atoms with E-state index >= 15 is 0 Å². The summed E-state index contributed by atoms with van der Waals surface area (Å²) in [4.78, 5) is 11.1. The Morgan fingerprint density at radius 3 is 2.93 bits per heavy atom. The standard InChI is InChI=1S/C11H13NO2/c1-6-3-11-8(4-9(6)12)5-10(14-11)7(2)13/h3-4,10H,5,12H2,1-2H3. The average molecular weight is 191 g/mol. The summed E-state index contributed by atoms with van der Waals surface area (Å²) in [7, 11) is 0. The minimum Gasteiger partial charge on any atom is -0.482 e. The lowest BCUT2D eigenvalue weighted by Crippen LogP contribution is -2.21. The van der Waals surface area contributed by atoms with Crippen molar-refractivity contribution in [2.75, 3.05) is 5.73 Å². The van der Waals surface area contributed by atoms with Crippen LogP contribution in [0.15, 0.2) is 12.1 Å². The van der Waals surface area contributed by atoms with Gasteiger partial charge in [-0.1, -0.05) is 0 Å². The first kappa shape index (κ1) is 9.06. The lowest BCUT2D eigenvalue weighted by atomic mass is 10.1. The zero-order valence-corrected chi connectivity index (χ0v) is 8.33. The van der Waals surface area contributed by atoms with Gasteiger partial charge in [-0.3, -0.25) is 4.79 Å². The largest absolute Gasteiger partial charge is 0.482 e. The van der Waals surface area contributed by atoms with Crippen molar-refractivity contribution < 1.29 is 9.53 Å². The fraction of sp³-hybridized carbons (Fsp3) is 0.364. The Hall–Kier alpha value is -1.51. The predicted molar refractivity (Wildman–Crippen MR) is 54.4 cm³/mol. The van der Waals surface area contributed by atoms with Crippen LogP contribution in [0.25, 0.3) is 0 Å². The highest BCUT2D eigenvalue weighted by Gasteiger charge is 2.26. The summed E-state index contributed by atoms with van der Waals surface area (Å²) in [5.41, 5.74) is 8.56. The molecule has 0 saturated carbocycles. The van der Waals surface area contributed by atoms with Crippen LogP contribution in [0.1, 0.15) is 18.1 Å². The molecule has 1 unspecified atom stereocenters. The quantitative estimate of drug-likeness (QED) is 0.684. The number of hydrogen-bond acceptors (Lipinski definition) is 3. The molecule has 0 radical (unpaired) electrons. The zero-order valence-electron chi connectivity index (χ0n) is 8.33. The summed E-state index contributed by atoms with van der Waals surface area (Å²) < 4.78 is 5.50. The third-order valence-corrected chi connectivity index (χ3v) is 2.58. The fourth-order valence-electron chi connectivity index (χ4n) is 1.64. The van der Waals surface area contributed by atoms with E-state index in [4.69, 9.17) is 10.5 Å². The van der Waals surface area contributed by atoms with Gasteiger partial charge in [0, 0.05) is 17.7 Å². The Morgan fingerprint density at radius 2 is 2.29 bits per heavy atom. The van der Waals surface area contributed by atoms with E-state index in [-0.39, 0.29) is 11.9 Å². The van der Waals surface area contributed by atoms with Gasteiger partial charge in [-0.05, 0) is 31.5 Å². The Bertz CT molecular complexity index is 368. The Labute approximate surface area is 82.9 Å². The number of benzene rings is 1. The number of Topliss-reactive ketones (excluding diaryl/α,β-unsaturated/α-hetero) is 1. The summed E-state index contributed by atoms with van der Waals surface area (Å²) in [5.74, 6) is 0.870. The molecule has 14 heavy (non-hydrogen) atoms. The first-order chi connectivity index (χ1) is 6.58. The molecule has 1 aromatic rings. The molecule has 1 aromatic carbocycles. The van der Waals surface area contributed by atoms with Crippen LogP contribution < -0.4 is 10.5 Å². The molecule has 0 spiro atoms. The molecule has 74 valence electrons. The first-order valence-corrected chi connectivity index (χ1v) is 4.64. The Kier molecular flexibility index (Phi) is 1.95. The second kappa shape index (κ2) is 3.01. The van der Waals surface area contributed by atoms with Crippen LogP contribution in [0.2, 0.25) is 0 Å². The van der Waals surface area contributed by atoms with Crippen LogP contribution in [0.3, 0.4) is 0 Å². The molecule has 1 aliphatic heterocycles. The highest BCUT2D eigenvalue weighted by atomic mass is 16.5. The summed E-state index contributed by atoms with van der Waals surface area (Å²) in [6.07, 6.45) is 0.334. The molecule has 0 amide bonds. The third kappa shape index (κ3) is 1.35. The number of carbonyl (C=O) groups is 1. The van der Waals surface area contributed by atoms with Gasteiger partial charge in [0.25, 0.3) is 0 Å². The average Bonchev–Trinajstić information content (AvgIpc) is 2.48. The molecule has 2 N–H and O–H groups in total. The van der Waals surface area contributed by atoms with Crippen LogP contribution in [0.5, 0.6) is 5.75 Å². The summed E-state index contributed by atoms with van der Waals surface area (Å²) in [6.45, 7) is 3.48. The van der Waals surface area contributed by atoms with Gasteiger partial charge in [0.2, 0.25) is 0 Å². The van der Waals surface area contributed by atoms with E-state index in [1.165, 1.54) is 0 Å². The molecule has 0 saturated heterocycles. The highest BCUT2D eigenvalue weighted by molar-refractivity contribution is 5.82. The van der Waals surface area contributed by atoms with Crippen molar-refractivity contribution >= 4 is 11.5 Å². The SMILES string of the molecule is CC(=O)C1Cc2cc(N)c(C)cc2O1. The van der Waals surface area contributed by atoms with Crippen LogP contribution in [0, 0.1) is 6.92 Å². The van der Waals surface area contributed by atoms with E-state index < -0.39 is 0 Å². The number of carbonyl (C=O) groups excluding carboxylic acids is 1. The summed E-state index contributed by atoms with van der Waals surface area (Å²) >= 11 is 0. The minimum atomic E-state index is -0.314. The molecular formula is C11H13NO2. The maximum atomic E-state index is 11.1. The smallest absolute Gasteiger partial charge is 0.170 e. The van der Waals surface area contributed by atoms with Crippen molar-refractivity contribution in [1.82, 2.24) is 0 Å². The van der Waals surface area contributed by atoms with Gasteiger partial charge in [-0.15, -0.1) is 0 Å². The number of ketones is 1. The number of hydrogen-bond donors (Lipinski definition) is 1. The number of fused-ring (bicyclic) bond motifs is 1. The minimum absolute atomic E-state index is 0.0671. The van der Waals surface area contributed by atoms with E-state index in [1.807, 2.05) is 19.1 Å². The molecule has 0 aromatic heterocycles. The van der Waals surface area contributed by atoms with E-state index in [9.17, 15) is 4.79 Å². The highest BCUT2D eigenvalue weighted by Crippen LogP contribution is 2.32. The lowest BCUT2D eigenvalue weighted by Gasteiger charge is -2.06. The molecule has 1 atom stereocenters. The fourth-order valence-corrected chi connectivity index (χ4v) is 1.64. The second-order valence-corrected chi connectivity index (χ2v) is 3.74. The molecule has 3 heteroatoms. The van der Waals surface area contributed by atoms with Crippen molar-refractivity contribution in [3.05, 3.63) is 23.3 Å². The normalized spacial score (nSPS) is 18.9. The van der Waals surface area contributed by atoms with Gasteiger partial charge in [0.1, 0.15) is 5.75 Å². The van der Waals surface area contributed by atoms with Gasteiger partial charge in [0.15, 0.2) is 11.9 Å². The molecule has 1 aliphatic rings. The van der Waals surface area contributed by atoms with Crippen LogP contribution in [-0.2, 0) is 11.2 Å². The number of nitrogen functional groups attached to an aromatic ring is 1. The number of rotatable bonds is 1. The predicted octanol–water partition coefficient (Wildman–Crippen LogP) is 1.47. The first-order valence-electron chi connectivity index (χ1n) is 4.64. The maximum absolute atomic E-state index is 11.1. The van der Waals surface area contributed by atoms with Crippen molar-refractivity contribution in [3.63, 3.8) is 0 Å². The monoisotopic (exact) mass is 191 g/mol. The Morgan fingerprint density at radius 1 is 1.57 bits per heavy atom. The second-order valence-electron chi connectivity index (χ2n) is 3.74. The maximum Gasteiger partial charge on any atom is 0.170 e. The number of ether oxygens (including phenoxy) is 1. The summed E-state index contributed by atoms with van der Waals surface area (Å²) in [6, 6.07) is 3.79. The molecule has 3 nitrogen and oxygen atoms in total. The topological polar surface area (TPSA) is 52.3 Å². The molecular weight excluding hydrogens is 178 g/mol. The molecule has 0 fully saturated rings. The molecule has 0 bridgehead atoms. The van der Waals surface area contributed by atoms with Crippen LogP contribution in [-0.4, -0.2) is 11.9 Å². The molecule has 2 rings (SSSR count). The number of anilines is 1. The van der Waals surface area contributed by atoms with Crippen molar-refractivity contribution in [2.45, 2.75) is 26.4 Å². The lowest BCUT2D eigenvalue weighted by molar-refractivity contribution is -0.122. The van der Waals surface area contributed by atoms with Crippen LogP contribution >= 0.6 is 0 Å². The van der Waals surface area contributed by atoms with Gasteiger partial charge in [-0.25, -0.2) is 0 Å². The molecule has 0 aliphatic carbocycles. The van der Waals surface area contributed by atoms with E-state index in [2.05, 4.69) is 0 Å². The van der Waals surface area contributed by atoms with Gasteiger partial charge in [-0.2, -0.15) is 0 Å². The van der Waals surface area contributed by atoms with Crippen molar-refractivity contribution in [1.29, 1.82) is 0 Å². The summed E-state index contributed by atoms with van der Waals surface area (Å²) in [5, 5.41) is 0. The molecule has 1 heterocycles. The van der Waals surface area contributed by atoms with Crippen molar-refractivity contribution in [3.8, 4) is 5.75 Å². The van der Waals surface area contributed by atoms with Gasteiger partial charge < -0.3 is 10.5 Å². The Balaban J connectivity index is 2.36. The van der Waals surface area contributed by atoms with Crippen molar-refractivity contribution in [2.24, 2.45) is 0 Å². The van der Waals surface area contributed by atoms with E-state index in [0.717, 1.165) is 22.6 Å². The number of aryl methyl sites for hydroxylation is 1. The third-order valence-electron chi connectivity index (χ3n) is 2.58. The van der Waals surface area contributed by atoms with E-state index in [0.29, 0.717) is 6.42 Å². The zero-order chi connectivity index (χ0) is 10.3. The van der Waals surface area contributed by atoms with E-state index in [1.54, 1.807) is 6.92 Å². The van der Waals surface area contributed by atoms with Gasteiger partial charge >= 0.3 is 0 Å².